The van der Waals surface area contributed by atoms with Crippen molar-refractivity contribution in [3.05, 3.63) is 40.5 Å². The van der Waals surface area contributed by atoms with Crippen molar-refractivity contribution in [3.8, 4) is 17.0 Å². The van der Waals surface area contributed by atoms with Gasteiger partial charge in [-0.05, 0) is 19.9 Å². The lowest BCUT2D eigenvalue weighted by atomic mass is 10.1. The lowest BCUT2D eigenvalue weighted by Gasteiger charge is -2.22. The molecule has 4 rings (SSSR count). The molecule has 2 aliphatic rings. The van der Waals surface area contributed by atoms with E-state index in [2.05, 4.69) is 15.1 Å². The number of dihydropyridines is 1. The van der Waals surface area contributed by atoms with Crippen LogP contribution in [-0.4, -0.2) is 58.9 Å². The monoisotopic (exact) mass is 404 g/mol. The van der Waals surface area contributed by atoms with Crippen LogP contribution in [0.2, 0.25) is 0 Å². The number of halogens is 2. The van der Waals surface area contributed by atoms with E-state index in [1.54, 1.807) is 23.2 Å². The van der Waals surface area contributed by atoms with E-state index >= 15 is 0 Å². The minimum atomic E-state index is -1.24. The summed E-state index contributed by atoms with van der Waals surface area (Å²) in [6.07, 6.45) is 1.17. The topological polar surface area (TPSA) is 80.8 Å². The van der Waals surface area contributed by atoms with E-state index < -0.39 is 12.3 Å². The molecular weight excluding hydrogens is 387 g/mol. The van der Waals surface area contributed by atoms with Crippen LogP contribution in [0.25, 0.3) is 11.3 Å². The van der Waals surface area contributed by atoms with Crippen LogP contribution in [-0.2, 0) is 4.79 Å². The Balaban J connectivity index is 1.52. The molecule has 9 heteroatoms. The average molecular weight is 405 g/mol. The molecule has 0 radical (unpaired) electrons. The summed E-state index contributed by atoms with van der Waals surface area (Å²) in [7, 11) is 0. The van der Waals surface area contributed by atoms with E-state index in [0.717, 1.165) is 11.3 Å². The highest BCUT2D eigenvalue weighted by atomic mass is 35.5. The number of nitrogens with zero attached hydrogens (tertiary/aromatic N) is 4. The Bertz CT molecular complexity index is 968. The number of carbonyl (C=O) groups excluding carboxylic acids is 1. The molecule has 0 amide bonds. The van der Waals surface area contributed by atoms with Crippen molar-refractivity contribution < 1.29 is 18.4 Å². The van der Waals surface area contributed by atoms with Gasteiger partial charge in [-0.1, -0.05) is 16.8 Å². The smallest absolute Gasteiger partial charge is 0.197 e. The number of ether oxygens (including phenoxy) is 1. The molecule has 1 saturated heterocycles. The lowest BCUT2D eigenvalue weighted by molar-refractivity contribution is -0.113. The predicted octanol–water partition coefficient (Wildman–Crippen LogP) is 2.86. The zero-order valence-corrected chi connectivity index (χ0v) is 16.1. The van der Waals surface area contributed by atoms with E-state index in [1.165, 1.54) is 6.21 Å². The first-order chi connectivity index (χ1) is 13.4. The first-order valence-corrected chi connectivity index (χ1v) is 9.19. The molecule has 2 aliphatic heterocycles. The Morgan fingerprint density at radius 3 is 2.93 bits per heavy atom. The van der Waals surface area contributed by atoms with Crippen LogP contribution < -0.4 is 4.74 Å². The molecule has 0 bridgehead atoms. The van der Waals surface area contributed by atoms with Gasteiger partial charge in [-0.25, -0.2) is 4.39 Å². The molecule has 0 N–H and O–H groups in total. The zero-order chi connectivity index (χ0) is 19.8. The third kappa shape index (κ3) is 3.40. The van der Waals surface area contributed by atoms with Gasteiger partial charge in [-0.2, -0.15) is 0 Å². The maximum Gasteiger partial charge on any atom is 0.197 e. The number of hydrogen-bond donors (Lipinski definition) is 0. The molecule has 0 saturated carbocycles. The number of carbonyl (C=O) groups is 1. The Morgan fingerprint density at radius 2 is 2.18 bits per heavy atom. The Kier molecular flexibility index (Phi) is 4.89. The first-order valence-electron chi connectivity index (χ1n) is 8.82. The van der Waals surface area contributed by atoms with Gasteiger partial charge in [-0.15, -0.1) is 0 Å². The number of aryl methyl sites for hydroxylation is 2. The van der Waals surface area contributed by atoms with Gasteiger partial charge >= 0.3 is 0 Å². The van der Waals surface area contributed by atoms with E-state index in [-0.39, 0.29) is 30.4 Å². The number of allylic oxidation sites excluding steroid dienone is 1. The van der Waals surface area contributed by atoms with Crippen molar-refractivity contribution in [1.29, 1.82) is 0 Å². The van der Waals surface area contributed by atoms with Crippen LogP contribution >= 0.6 is 11.6 Å². The van der Waals surface area contributed by atoms with Gasteiger partial charge in [0.1, 0.15) is 29.2 Å². The summed E-state index contributed by atoms with van der Waals surface area (Å²) in [5.74, 6) is 0.880. The number of aliphatic imine (C=N–C) groups is 1. The summed E-state index contributed by atoms with van der Waals surface area (Å²) < 4.78 is 25.7. The van der Waals surface area contributed by atoms with Gasteiger partial charge in [0.05, 0.1) is 35.7 Å². The minimum absolute atomic E-state index is 0.0245. The fourth-order valence-corrected chi connectivity index (χ4v) is 3.62. The molecule has 2 aromatic rings. The summed E-state index contributed by atoms with van der Waals surface area (Å²) in [5.41, 5.74) is 2.61. The van der Waals surface area contributed by atoms with Crippen LogP contribution in [0.3, 0.4) is 0 Å². The summed E-state index contributed by atoms with van der Waals surface area (Å²) >= 11 is 6.09. The fourth-order valence-electron chi connectivity index (χ4n) is 3.39. The van der Waals surface area contributed by atoms with Crippen LogP contribution in [0.4, 0.5) is 4.39 Å². The first kappa shape index (κ1) is 18.6. The molecule has 0 aromatic carbocycles. The summed E-state index contributed by atoms with van der Waals surface area (Å²) in [6.45, 7) is 4.00. The highest BCUT2D eigenvalue weighted by molar-refractivity contribution is 6.44. The number of aromatic nitrogens is 2. The van der Waals surface area contributed by atoms with Crippen molar-refractivity contribution >= 4 is 23.6 Å². The van der Waals surface area contributed by atoms with Crippen molar-refractivity contribution in [1.82, 2.24) is 15.0 Å². The number of pyridine rings is 1. The number of hydrogen-bond acceptors (Lipinski definition) is 7. The second-order valence-corrected chi connectivity index (χ2v) is 7.12. The highest BCUT2D eigenvalue weighted by Crippen LogP contribution is 2.30. The number of likely N-dealkylation sites (tertiary alicyclic amines) is 1. The highest BCUT2D eigenvalue weighted by Gasteiger charge is 2.37. The van der Waals surface area contributed by atoms with E-state index in [0.29, 0.717) is 22.9 Å². The molecule has 28 heavy (non-hydrogen) atoms. The molecule has 146 valence electrons. The largest absolute Gasteiger partial charge is 0.485 e. The SMILES string of the molecule is Cc1noc(C)c1-c1cc(O[C@H]2CN(C3=C(Cl)C(=O)CN=C3)C[C@@H]2F)ccn1. The van der Waals surface area contributed by atoms with Gasteiger partial charge in [0.15, 0.2) is 12.0 Å². The zero-order valence-electron chi connectivity index (χ0n) is 15.4. The summed E-state index contributed by atoms with van der Waals surface area (Å²) in [6, 6.07) is 3.41. The van der Waals surface area contributed by atoms with Gasteiger partial charge in [0, 0.05) is 18.5 Å². The van der Waals surface area contributed by atoms with Gasteiger partial charge < -0.3 is 14.2 Å². The van der Waals surface area contributed by atoms with Crippen LogP contribution in [0.1, 0.15) is 11.5 Å². The third-order valence-corrected chi connectivity index (χ3v) is 5.17. The Morgan fingerprint density at radius 1 is 1.36 bits per heavy atom. The molecule has 2 atom stereocenters. The number of rotatable bonds is 4. The van der Waals surface area contributed by atoms with Crippen LogP contribution in [0.5, 0.6) is 5.75 Å². The van der Waals surface area contributed by atoms with Crippen LogP contribution in [0.15, 0.2) is 38.6 Å². The Hall–Kier alpha value is -2.74. The van der Waals surface area contributed by atoms with Crippen molar-refractivity contribution in [3.63, 3.8) is 0 Å². The van der Waals surface area contributed by atoms with E-state index in [9.17, 15) is 9.18 Å². The molecule has 0 aliphatic carbocycles. The fraction of sp³-hybridized carbons (Fsp3) is 0.368. The molecular formula is C19H18ClFN4O3. The quantitative estimate of drug-likeness (QED) is 0.779. The van der Waals surface area contributed by atoms with Crippen molar-refractivity contribution in [2.75, 3.05) is 19.6 Å². The molecule has 0 spiro atoms. The summed E-state index contributed by atoms with van der Waals surface area (Å²) in [5, 5.41) is 4.02. The standard InChI is InChI=1S/C19H18ClFN4O3/c1-10-18(11(2)28-24-10)14-5-12(3-4-23-14)27-17-9-25(8-13(17)21)15-6-22-7-16(26)19(15)20/h3-6,13,17H,7-9H2,1-2H3/t13-,17-/m0/s1. The second-order valence-electron chi connectivity index (χ2n) is 6.75. The van der Waals surface area contributed by atoms with E-state index in [1.807, 2.05) is 13.8 Å². The van der Waals surface area contributed by atoms with Gasteiger partial charge in [0.2, 0.25) is 0 Å². The maximum atomic E-state index is 14.6. The number of Topliss-reactive ketones (excluding diaryl/α,β-unsaturated/α-hetero) is 1. The molecule has 4 heterocycles. The average Bonchev–Trinajstić information content (AvgIpc) is 3.19. The molecule has 1 fully saturated rings. The molecule has 2 aromatic heterocycles. The van der Waals surface area contributed by atoms with Crippen LogP contribution in [0, 0.1) is 13.8 Å². The maximum absolute atomic E-state index is 14.6. The van der Waals surface area contributed by atoms with Gasteiger partial charge in [-0.3, -0.25) is 14.8 Å². The Labute approximate surface area is 165 Å². The second kappa shape index (κ2) is 7.35. The number of ketones is 1. The van der Waals surface area contributed by atoms with E-state index in [4.69, 9.17) is 20.9 Å². The molecule has 0 unspecified atom stereocenters. The van der Waals surface area contributed by atoms with Gasteiger partial charge in [0.25, 0.3) is 0 Å². The summed E-state index contributed by atoms with van der Waals surface area (Å²) in [4.78, 5) is 21.8. The van der Waals surface area contributed by atoms with Crippen molar-refractivity contribution in [2.24, 2.45) is 4.99 Å². The van der Waals surface area contributed by atoms with Crippen molar-refractivity contribution in [2.45, 2.75) is 26.1 Å². The number of alkyl halides is 1. The molecule has 7 nitrogen and oxygen atoms in total. The predicted molar refractivity (Wildman–Crippen MR) is 101 cm³/mol. The lowest BCUT2D eigenvalue weighted by Crippen LogP contribution is -2.29. The minimum Gasteiger partial charge on any atom is -0.485 e. The normalized spacial score (nSPS) is 22.3. The third-order valence-electron chi connectivity index (χ3n) is 4.77.